The molecule has 1 aromatic heterocycles. The van der Waals surface area contributed by atoms with E-state index in [0.717, 1.165) is 32.2 Å². The first-order valence-electron chi connectivity index (χ1n) is 6.18. The molecule has 0 spiro atoms. The van der Waals surface area contributed by atoms with Crippen LogP contribution in [0.4, 0.5) is 0 Å². The highest BCUT2D eigenvalue weighted by Crippen LogP contribution is 2.20. The molecule has 0 saturated carbocycles. The van der Waals surface area contributed by atoms with E-state index in [-0.39, 0.29) is 0 Å². The summed E-state index contributed by atoms with van der Waals surface area (Å²) in [6.07, 6.45) is 2.45. The van der Waals surface area contributed by atoms with Crippen molar-refractivity contribution in [1.82, 2.24) is 5.32 Å². The minimum Gasteiger partial charge on any atom is -0.381 e. The van der Waals surface area contributed by atoms with E-state index in [4.69, 9.17) is 4.74 Å². The molecule has 0 radical (unpaired) electrons. The van der Waals surface area contributed by atoms with Crippen LogP contribution in [-0.2, 0) is 4.74 Å². The second kappa shape index (κ2) is 6.38. The van der Waals surface area contributed by atoms with Crippen molar-refractivity contribution in [3.05, 3.63) is 22.4 Å². The maximum atomic E-state index is 5.36. The third-order valence-corrected chi connectivity index (χ3v) is 4.36. The van der Waals surface area contributed by atoms with E-state index in [9.17, 15) is 0 Å². The lowest BCUT2D eigenvalue weighted by molar-refractivity contribution is 0.0663. The van der Waals surface area contributed by atoms with Crippen molar-refractivity contribution in [3.8, 4) is 0 Å². The Balaban J connectivity index is 1.63. The summed E-state index contributed by atoms with van der Waals surface area (Å²) < 4.78 is 5.36. The molecule has 1 aliphatic heterocycles. The Morgan fingerprint density at radius 3 is 3.00 bits per heavy atom. The average molecular weight is 239 g/mol. The van der Waals surface area contributed by atoms with Crippen LogP contribution in [-0.4, -0.2) is 26.3 Å². The summed E-state index contributed by atoms with van der Waals surface area (Å²) in [6, 6.07) is 4.36. The van der Waals surface area contributed by atoms with Crippen LogP contribution in [0, 0.1) is 5.92 Å². The molecule has 16 heavy (non-hydrogen) atoms. The smallest absolute Gasteiger partial charge is 0.0469 e. The number of nitrogens with one attached hydrogen (secondary N) is 1. The number of thiophene rings is 1. The Morgan fingerprint density at radius 2 is 2.31 bits per heavy atom. The Kier molecular flexibility index (Phi) is 4.82. The average Bonchev–Trinajstić information content (AvgIpc) is 2.84. The summed E-state index contributed by atoms with van der Waals surface area (Å²) in [7, 11) is 0. The quantitative estimate of drug-likeness (QED) is 0.853. The Hall–Kier alpha value is -0.380. The van der Waals surface area contributed by atoms with Gasteiger partial charge in [0.1, 0.15) is 0 Å². The van der Waals surface area contributed by atoms with Crippen LogP contribution >= 0.6 is 11.3 Å². The van der Waals surface area contributed by atoms with Gasteiger partial charge in [0.2, 0.25) is 0 Å². The van der Waals surface area contributed by atoms with Gasteiger partial charge < -0.3 is 10.1 Å². The van der Waals surface area contributed by atoms with Gasteiger partial charge in [-0.2, -0.15) is 0 Å². The molecule has 0 aliphatic carbocycles. The predicted molar refractivity (Wildman–Crippen MR) is 69.1 cm³/mol. The van der Waals surface area contributed by atoms with Gasteiger partial charge in [0.15, 0.2) is 0 Å². The molecule has 3 heteroatoms. The molecule has 1 atom stereocenters. The molecular formula is C13H21NOS. The van der Waals surface area contributed by atoms with Gasteiger partial charge in [0.05, 0.1) is 0 Å². The number of hydrogen-bond acceptors (Lipinski definition) is 3. The number of rotatable bonds is 5. The second-order valence-electron chi connectivity index (χ2n) is 4.63. The van der Waals surface area contributed by atoms with E-state index < -0.39 is 0 Å². The molecule has 0 aromatic carbocycles. The van der Waals surface area contributed by atoms with Crippen LogP contribution in [0.5, 0.6) is 0 Å². The monoisotopic (exact) mass is 239 g/mol. The van der Waals surface area contributed by atoms with E-state index in [1.54, 1.807) is 0 Å². The molecule has 2 heterocycles. The highest BCUT2D eigenvalue weighted by molar-refractivity contribution is 7.10. The van der Waals surface area contributed by atoms with E-state index in [2.05, 4.69) is 29.8 Å². The van der Waals surface area contributed by atoms with Crippen LogP contribution in [0.25, 0.3) is 0 Å². The van der Waals surface area contributed by atoms with Crippen LogP contribution in [0.2, 0.25) is 0 Å². The minimum atomic E-state index is 0.639. The molecule has 1 N–H and O–H groups in total. The first-order valence-corrected chi connectivity index (χ1v) is 7.06. The van der Waals surface area contributed by atoms with Gasteiger partial charge in [0, 0.05) is 30.6 Å². The molecule has 1 unspecified atom stereocenters. The third-order valence-electron chi connectivity index (χ3n) is 3.25. The van der Waals surface area contributed by atoms with Gasteiger partial charge in [0.25, 0.3) is 0 Å². The van der Waals surface area contributed by atoms with E-state index in [0.29, 0.717) is 5.92 Å². The summed E-state index contributed by atoms with van der Waals surface area (Å²) >= 11 is 1.86. The normalized spacial score (nSPS) is 19.8. The third kappa shape index (κ3) is 3.58. The van der Waals surface area contributed by atoms with Crippen molar-refractivity contribution in [2.45, 2.75) is 25.7 Å². The maximum Gasteiger partial charge on any atom is 0.0469 e. The van der Waals surface area contributed by atoms with Gasteiger partial charge in [-0.25, -0.2) is 0 Å². The van der Waals surface area contributed by atoms with Crippen LogP contribution in [0.3, 0.4) is 0 Å². The predicted octanol–water partition coefficient (Wildman–Crippen LogP) is 2.87. The van der Waals surface area contributed by atoms with Crippen LogP contribution in [0.1, 0.15) is 30.6 Å². The minimum absolute atomic E-state index is 0.639. The second-order valence-corrected chi connectivity index (χ2v) is 5.61. The first-order chi connectivity index (χ1) is 7.86. The lowest BCUT2D eigenvalue weighted by Gasteiger charge is -2.23. The van der Waals surface area contributed by atoms with Gasteiger partial charge in [-0.15, -0.1) is 11.3 Å². The van der Waals surface area contributed by atoms with Gasteiger partial charge in [-0.05, 0) is 36.8 Å². The zero-order valence-corrected chi connectivity index (χ0v) is 10.8. The van der Waals surface area contributed by atoms with Crippen molar-refractivity contribution >= 4 is 11.3 Å². The molecular weight excluding hydrogens is 218 g/mol. The van der Waals surface area contributed by atoms with Gasteiger partial charge in [-0.3, -0.25) is 0 Å². The van der Waals surface area contributed by atoms with Crippen LogP contribution < -0.4 is 5.32 Å². The fraction of sp³-hybridized carbons (Fsp3) is 0.692. The SMILES string of the molecule is CC(CNCC1CCOCC1)c1cccs1. The fourth-order valence-electron chi connectivity index (χ4n) is 2.13. The van der Waals surface area contributed by atoms with E-state index in [1.165, 1.54) is 17.7 Å². The molecule has 1 saturated heterocycles. The van der Waals surface area contributed by atoms with E-state index >= 15 is 0 Å². The highest BCUT2D eigenvalue weighted by atomic mass is 32.1. The van der Waals surface area contributed by atoms with Crippen molar-refractivity contribution in [1.29, 1.82) is 0 Å². The Morgan fingerprint density at radius 1 is 1.50 bits per heavy atom. The molecule has 90 valence electrons. The lowest BCUT2D eigenvalue weighted by Crippen LogP contribution is -2.29. The standard InChI is InChI=1S/C13H21NOS/c1-11(13-3-2-8-16-13)9-14-10-12-4-6-15-7-5-12/h2-3,8,11-12,14H,4-7,9-10H2,1H3. The summed E-state index contributed by atoms with van der Waals surface area (Å²) in [5.74, 6) is 1.46. The number of ether oxygens (including phenoxy) is 1. The summed E-state index contributed by atoms with van der Waals surface area (Å²) in [4.78, 5) is 1.49. The zero-order valence-electron chi connectivity index (χ0n) is 9.95. The molecule has 2 nitrogen and oxygen atoms in total. The number of hydrogen-bond donors (Lipinski definition) is 1. The Bertz CT molecular complexity index is 280. The molecule has 2 rings (SSSR count). The zero-order chi connectivity index (χ0) is 11.2. The molecule has 0 bridgehead atoms. The van der Waals surface area contributed by atoms with Gasteiger partial charge >= 0.3 is 0 Å². The summed E-state index contributed by atoms with van der Waals surface area (Å²) in [5, 5.41) is 5.75. The van der Waals surface area contributed by atoms with Gasteiger partial charge in [-0.1, -0.05) is 13.0 Å². The summed E-state index contributed by atoms with van der Waals surface area (Å²) in [6.45, 7) is 6.44. The molecule has 0 amide bonds. The highest BCUT2D eigenvalue weighted by Gasteiger charge is 2.13. The fourth-order valence-corrected chi connectivity index (χ4v) is 2.91. The van der Waals surface area contributed by atoms with Crippen molar-refractivity contribution < 1.29 is 4.74 Å². The van der Waals surface area contributed by atoms with Crippen molar-refractivity contribution in [3.63, 3.8) is 0 Å². The van der Waals surface area contributed by atoms with E-state index in [1.807, 2.05) is 11.3 Å². The maximum absolute atomic E-state index is 5.36. The Labute approximate surface area is 102 Å². The molecule has 1 aromatic rings. The van der Waals surface area contributed by atoms with Crippen molar-refractivity contribution in [2.24, 2.45) is 5.92 Å². The van der Waals surface area contributed by atoms with Crippen LogP contribution in [0.15, 0.2) is 17.5 Å². The molecule has 1 aliphatic rings. The summed E-state index contributed by atoms with van der Waals surface area (Å²) in [5.41, 5.74) is 0. The topological polar surface area (TPSA) is 21.3 Å². The molecule has 1 fully saturated rings. The first kappa shape index (κ1) is 12.1. The van der Waals surface area contributed by atoms with Crippen molar-refractivity contribution in [2.75, 3.05) is 26.3 Å². The lowest BCUT2D eigenvalue weighted by atomic mass is 10.00. The largest absolute Gasteiger partial charge is 0.381 e.